The van der Waals surface area contributed by atoms with E-state index in [2.05, 4.69) is 5.32 Å². The minimum atomic E-state index is -0.582. The zero-order valence-corrected chi connectivity index (χ0v) is 10.6. The van der Waals surface area contributed by atoms with Gasteiger partial charge in [0.25, 0.3) is 5.91 Å². The predicted octanol–water partition coefficient (Wildman–Crippen LogP) is 0.828. The van der Waals surface area contributed by atoms with Gasteiger partial charge >= 0.3 is 0 Å². The van der Waals surface area contributed by atoms with Crippen molar-refractivity contribution in [2.75, 3.05) is 20.3 Å². The molecule has 0 saturated heterocycles. The summed E-state index contributed by atoms with van der Waals surface area (Å²) in [5, 5.41) is 21.6. The molecule has 0 aliphatic heterocycles. The van der Waals surface area contributed by atoms with E-state index in [-0.39, 0.29) is 18.3 Å². The molecule has 1 aromatic carbocycles. The molecule has 3 N–H and O–H groups in total. The number of carbonyl (C=O) groups is 1. The highest BCUT2D eigenvalue weighted by molar-refractivity contribution is 5.94. The van der Waals surface area contributed by atoms with Gasteiger partial charge in [-0.3, -0.25) is 4.79 Å². The topological polar surface area (TPSA) is 78.8 Å². The third-order valence-corrected chi connectivity index (χ3v) is 2.59. The first-order valence-corrected chi connectivity index (χ1v) is 5.79. The van der Waals surface area contributed by atoms with Gasteiger partial charge in [0.15, 0.2) is 0 Å². The van der Waals surface area contributed by atoms with Crippen molar-refractivity contribution in [2.45, 2.75) is 19.4 Å². The standard InChI is InChI=1S/C13H19NO4/c1-9-3-4-10(7-12(9)16)13(17)14-6-5-11(15)8-18-2/h3-4,7,11,15-16H,5-6,8H2,1-2H3,(H,14,17). The molecule has 0 saturated carbocycles. The molecule has 0 aliphatic rings. The summed E-state index contributed by atoms with van der Waals surface area (Å²) in [5.74, 6) is -0.169. The van der Waals surface area contributed by atoms with Crippen LogP contribution in [0.25, 0.3) is 0 Å². The second-order valence-corrected chi connectivity index (χ2v) is 4.16. The molecule has 1 aromatic rings. The summed E-state index contributed by atoms with van der Waals surface area (Å²) in [7, 11) is 1.51. The molecule has 1 unspecified atom stereocenters. The third kappa shape index (κ3) is 4.35. The van der Waals surface area contributed by atoms with E-state index in [0.29, 0.717) is 18.5 Å². The first-order valence-electron chi connectivity index (χ1n) is 5.79. The van der Waals surface area contributed by atoms with Gasteiger partial charge in [0.1, 0.15) is 5.75 Å². The number of methoxy groups -OCH3 is 1. The Kier molecular flexibility index (Phi) is 5.61. The molecule has 5 heteroatoms. The molecule has 18 heavy (non-hydrogen) atoms. The van der Waals surface area contributed by atoms with E-state index >= 15 is 0 Å². The molecular weight excluding hydrogens is 234 g/mol. The Bertz CT molecular complexity index is 406. The van der Waals surface area contributed by atoms with E-state index in [1.807, 2.05) is 0 Å². The Labute approximate surface area is 106 Å². The number of phenols is 1. The Balaban J connectivity index is 2.43. The molecular formula is C13H19NO4. The quantitative estimate of drug-likeness (QED) is 0.701. The smallest absolute Gasteiger partial charge is 0.251 e. The van der Waals surface area contributed by atoms with Crippen molar-refractivity contribution in [3.05, 3.63) is 29.3 Å². The van der Waals surface area contributed by atoms with E-state index in [1.165, 1.54) is 13.2 Å². The van der Waals surface area contributed by atoms with Gasteiger partial charge in [-0.25, -0.2) is 0 Å². The predicted molar refractivity (Wildman–Crippen MR) is 67.7 cm³/mol. The molecule has 0 radical (unpaired) electrons. The number of ether oxygens (including phenoxy) is 1. The lowest BCUT2D eigenvalue weighted by atomic mass is 10.1. The highest BCUT2D eigenvalue weighted by atomic mass is 16.5. The van der Waals surface area contributed by atoms with Crippen LogP contribution in [0, 0.1) is 6.92 Å². The van der Waals surface area contributed by atoms with Gasteiger partial charge in [-0.1, -0.05) is 6.07 Å². The van der Waals surface area contributed by atoms with E-state index in [1.54, 1.807) is 19.1 Å². The molecule has 0 aromatic heterocycles. The summed E-state index contributed by atoms with van der Waals surface area (Å²) in [6.45, 7) is 2.37. The molecule has 0 spiro atoms. The number of hydrogen-bond acceptors (Lipinski definition) is 4. The van der Waals surface area contributed by atoms with Gasteiger partial charge < -0.3 is 20.3 Å². The van der Waals surface area contributed by atoms with Crippen LogP contribution in [0.5, 0.6) is 5.75 Å². The molecule has 100 valence electrons. The molecule has 1 atom stereocenters. The SMILES string of the molecule is COCC(O)CCNC(=O)c1ccc(C)c(O)c1. The third-order valence-electron chi connectivity index (χ3n) is 2.59. The van der Waals surface area contributed by atoms with E-state index < -0.39 is 6.10 Å². The van der Waals surface area contributed by atoms with E-state index in [4.69, 9.17) is 4.74 Å². The lowest BCUT2D eigenvalue weighted by Gasteiger charge is -2.10. The summed E-state index contributed by atoms with van der Waals surface area (Å²) in [6, 6.07) is 4.76. The second-order valence-electron chi connectivity index (χ2n) is 4.16. The number of nitrogens with one attached hydrogen (secondary N) is 1. The van der Waals surface area contributed by atoms with Crippen molar-refractivity contribution in [3.8, 4) is 5.75 Å². The second kappa shape index (κ2) is 6.98. The monoisotopic (exact) mass is 253 g/mol. The van der Waals surface area contributed by atoms with Crippen LogP contribution in [0.4, 0.5) is 0 Å². The minimum absolute atomic E-state index is 0.0991. The first kappa shape index (κ1) is 14.5. The number of amides is 1. The highest BCUT2D eigenvalue weighted by Crippen LogP contribution is 2.17. The number of phenolic OH excluding ortho intramolecular Hbond substituents is 1. The van der Waals surface area contributed by atoms with Crippen molar-refractivity contribution in [1.82, 2.24) is 5.32 Å². The summed E-state index contributed by atoms with van der Waals surface area (Å²) >= 11 is 0. The van der Waals surface area contributed by atoms with Crippen molar-refractivity contribution in [1.29, 1.82) is 0 Å². The van der Waals surface area contributed by atoms with E-state index in [0.717, 1.165) is 5.56 Å². The summed E-state index contributed by atoms with van der Waals surface area (Å²) in [6.07, 6.45) is -0.154. The van der Waals surface area contributed by atoms with Gasteiger partial charge in [-0.15, -0.1) is 0 Å². The van der Waals surface area contributed by atoms with Crippen LogP contribution in [-0.2, 0) is 4.74 Å². The molecule has 0 heterocycles. The molecule has 0 aliphatic carbocycles. The van der Waals surface area contributed by atoms with Gasteiger partial charge in [0.2, 0.25) is 0 Å². The van der Waals surface area contributed by atoms with Crippen LogP contribution in [-0.4, -0.2) is 42.5 Å². The normalized spacial score (nSPS) is 12.2. The lowest BCUT2D eigenvalue weighted by molar-refractivity contribution is 0.0587. The Morgan fingerprint density at radius 3 is 2.83 bits per heavy atom. The Morgan fingerprint density at radius 2 is 2.22 bits per heavy atom. The number of rotatable bonds is 6. The van der Waals surface area contributed by atoms with Crippen molar-refractivity contribution in [3.63, 3.8) is 0 Å². The largest absolute Gasteiger partial charge is 0.508 e. The van der Waals surface area contributed by atoms with Crippen LogP contribution >= 0.6 is 0 Å². The van der Waals surface area contributed by atoms with Crippen LogP contribution in [0.3, 0.4) is 0 Å². The van der Waals surface area contributed by atoms with Crippen LogP contribution < -0.4 is 5.32 Å². The fourth-order valence-electron chi connectivity index (χ4n) is 1.48. The highest BCUT2D eigenvalue weighted by Gasteiger charge is 2.08. The lowest BCUT2D eigenvalue weighted by Crippen LogP contribution is -2.28. The first-order chi connectivity index (χ1) is 8.54. The van der Waals surface area contributed by atoms with Crippen LogP contribution in [0.15, 0.2) is 18.2 Å². The van der Waals surface area contributed by atoms with Crippen molar-refractivity contribution >= 4 is 5.91 Å². The number of carbonyl (C=O) groups excluding carboxylic acids is 1. The van der Waals surface area contributed by atoms with Gasteiger partial charge in [-0.2, -0.15) is 0 Å². The van der Waals surface area contributed by atoms with Crippen LogP contribution in [0.2, 0.25) is 0 Å². The fourth-order valence-corrected chi connectivity index (χ4v) is 1.48. The molecule has 1 rings (SSSR count). The average Bonchev–Trinajstić information content (AvgIpc) is 2.33. The maximum atomic E-state index is 11.7. The maximum Gasteiger partial charge on any atom is 0.251 e. The zero-order chi connectivity index (χ0) is 13.5. The number of aryl methyl sites for hydroxylation is 1. The van der Waals surface area contributed by atoms with Crippen molar-refractivity contribution < 1.29 is 19.7 Å². The fraction of sp³-hybridized carbons (Fsp3) is 0.462. The Hall–Kier alpha value is -1.59. The zero-order valence-electron chi connectivity index (χ0n) is 10.6. The van der Waals surface area contributed by atoms with Gasteiger partial charge in [0, 0.05) is 19.2 Å². The summed E-state index contributed by atoms with van der Waals surface area (Å²) < 4.78 is 4.78. The molecule has 5 nitrogen and oxygen atoms in total. The van der Waals surface area contributed by atoms with E-state index in [9.17, 15) is 15.0 Å². The minimum Gasteiger partial charge on any atom is -0.508 e. The summed E-state index contributed by atoms with van der Waals surface area (Å²) in [4.78, 5) is 11.7. The number of aromatic hydroxyl groups is 1. The number of benzene rings is 1. The van der Waals surface area contributed by atoms with Crippen molar-refractivity contribution in [2.24, 2.45) is 0 Å². The molecule has 0 fully saturated rings. The maximum absolute atomic E-state index is 11.7. The van der Waals surface area contributed by atoms with Crippen LogP contribution in [0.1, 0.15) is 22.3 Å². The molecule has 1 amide bonds. The summed E-state index contributed by atoms with van der Waals surface area (Å²) in [5.41, 5.74) is 1.13. The number of aliphatic hydroxyl groups excluding tert-OH is 1. The van der Waals surface area contributed by atoms with Gasteiger partial charge in [0.05, 0.1) is 12.7 Å². The van der Waals surface area contributed by atoms with Gasteiger partial charge in [-0.05, 0) is 31.0 Å². The number of aliphatic hydroxyl groups is 1. The number of hydrogen-bond donors (Lipinski definition) is 3. The Morgan fingerprint density at radius 1 is 1.50 bits per heavy atom. The average molecular weight is 253 g/mol. The molecule has 0 bridgehead atoms.